The third-order valence-electron chi connectivity index (χ3n) is 3.13. The molecule has 5 nitrogen and oxygen atoms in total. The van der Waals surface area contributed by atoms with Crippen molar-refractivity contribution in [2.24, 2.45) is 0 Å². The van der Waals surface area contributed by atoms with Crippen LogP contribution in [0.1, 0.15) is 34.1 Å². The van der Waals surface area contributed by atoms with E-state index < -0.39 is 0 Å². The molecule has 0 unspecified atom stereocenters. The summed E-state index contributed by atoms with van der Waals surface area (Å²) in [5.41, 5.74) is 0.706. The fourth-order valence-corrected chi connectivity index (χ4v) is 2.56. The Balaban J connectivity index is 2.38. The third-order valence-corrected chi connectivity index (χ3v) is 3.66. The minimum absolute atomic E-state index is 0.0499. The van der Waals surface area contributed by atoms with E-state index in [1.165, 1.54) is 0 Å². The van der Waals surface area contributed by atoms with E-state index in [4.69, 9.17) is 0 Å². The van der Waals surface area contributed by atoms with E-state index in [1.54, 1.807) is 12.1 Å². The van der Waals surface area contributed by atoms with Crippen molar-refractivity contribution >= 4 is 33.6 Å². The first-order valence-electron chi connectivity index (χ1n) is 7.43. The first kappa shape index (κ1) is 18.5. The van der Waals surface area contributed by atoms with Gasteiger partial charge < -0.3 is 15.5 Å². The first-order valence-corrected chi connectivity index (χ1v) is 8.22. The number of hydrogen-bond donors (Lipinski definition) is 2. The fourth-order valence-electron chi connectivity index (χ4n) is 2.29. The molecule has 3 amide bonds. The van der Waals surface area contributed by atoms with Gasteiger partial charge >= 0.3 is 6.03 Å². The molecule has 0 atom stereocenters. The summed E-state index contributed by atoms with van der Waals surface area (Å²) in [5.74, 6) is 0.0499. The number of nitrogens with one attached hydrogen (secondary N) is 2. The van der Waals surface area contributed by atoms with Crippen LogP contribution in [0.25, 0.3) is 0 Å². The van der Waals surface area contributed by atoms with E-state index in [2.05, 4.69) is 26.6 Å². The first-order chi connectivity index (χ1) is 10.3. The van der Waals surface area contributed by atoms with Crippen molar-refractivity contribution in [3.05, 3.63) is 28.7 Å². The molecule has 1 rings (SSSR count). The summed E-state index contributed by atoms with van der Waals surface area (Å²) >= 11 is 3.34. The maximum absolute atomic E-state index is 12.2. The summed E-state index contributed by atoms with van der Waals surface area (Å²) in [6, 6.07) is 7.30. The number of nitrogens with zero attached hydrogens (tertiary/aromatic N) is 1. The Hall–Kier alpha value is -1.56. The summed E-state index contributed by atoms with van der Waals surface area (Å²) in [5, 5.41) is 5.42. The van der Waals surface area contributed by atoms with Gasteiger partial charge in [-0.3, -0.25) is 4.79 Å². The predicted octanol–water partition coefficient (Wildman–Crippen LogP) is 3.61. The average molecular weight is 370 g/mol. The number of urea groups is 1. The van der Waals surface area contributed by atoms with Gasteiger partial charge in [0.15, 0.2) is 0 Å². The lowest BCUT2D eigenvalue weighted by atomic mass is 10.2. The molecular formula is C16H24BrN3O2. The highest BCUT2D eigenvalue weighted by atomic mass is 79.9. The standard InChI is InChI=1S/C16H24BrN3O2/c1-11(2)20(12(3)4)15(21)9-10-18-16(22)19-14-7-5-13(17)6-8-14/h5-8,11-12H,9-10H2,1-4H3,(H2,18,19,22). The quantitative estimate of drug-likeness (QED) is 0.804. The van der Waals surface area contributed by atoms with Gasteiger partial charge in [0.25, 0.3) is 0 Å². The molecule has 122 valence electrons. The summed E-state index contributed by atoms with van der Waals surface area (Å²) in [6.07, 6.45) is 0.296. The zero-order valence-electron chi connectivity index (χ0n) is 13.5. The monoisotopic (exact) mass is 369 g/mol. The fraction of sp³-hybridized carbons (Fsp3) is 0.500. The highest BCUT2D eigenvalue weighted by Gasteiger charge is 2.19. The topological polar surface area (TPSA) is 61.4 Å². The zero-order chi connectivity index (χ0) is 16.7. The van der Waals surface area contributed by atoms with E-state index in [-0.39, 0.29) is 24.0 Å². The van der Waals surface area contributed by atoms with Crippen LogP contribution in [0.4, 0.5) is 10.5 Å². The molecular weight excluding hydrogens is 346 g/mol. The molecule has 0 aromatic heterocycles. The molecule has 1 aromatic carbocycles. The number of amides is 3. The Kier molecular flexibility index (Phi) is 7.38. The summed E-state index contributed by atoms with van der Waals surface area (Å²) in [7, 11) is 0. The second kappa shape index (κ2) is 8.78. The van der Waals surface area contributed by atoms with Crippen molar-refractivity contribution in [2.75, 3.05) is 11.9 Å². The van der Waals surface area contributed by atoms with Crippen LogP contribution in [0.15, 0.2) is 28.7 Å². The Morgan fingerprint density at radius 1 is 1.09 bits per heavy atom. The van der Waals surface area contributed by atoms with Crippen molar-refractivity contribution < 1.29 is 9.59 Å². The van der Waals surface area contributed by atoms with Crippen molar-refractivity contribution in [1.82, 2.24) is 10.2 Å². The minimum Gasteiger partial charge on any atom is -0.338 e. The summed E-state index contributed by atoms with van der Waals surface area (Å²) in [4.78, 5) is 25.7. The van der Waals surface area contributed by atoms with Crippen LogP contribution in [-0.4, -0.2) is 35.5 Å². The molecule has 0 fully saturated rings. The lowest BCUT2D eigenvalue weighted by Crippen LogP contribution is -2.43. The second-order valence-corrected chi connectivity index (χ2v) is 6.54. The number of hydrogen-bond acceptors (Lipinski definition) is 2. The van der Waals surface area contributed by atoms with Gasteiger partial charge in [-0.2, -0.15) is 0 Å². The zero-order valence-corrected chi connectivity index (χ0v) is 15.1. The van der Waals surface area contributed by atoms with E-state index in [1.807, 2.05) is 44.7 Å². The van der Waals surface area contributed by atoms with E-state index in [0.29, 0.717) is 18.7 Å². The second-order valence-electron chi connectivity index (χ2n) is 5.63. The van der Waals surface area contributed by atoms with Gasteiger partial charge in [-0.25, -0.2) is 4.79 Å². The molecule has 0 aliphatic carbocycles. The number of anilines is 1. The third kappa shape index (κ3) is 6.05. The Labute approximate surface area is 140 Å². The molecule has 22 heavy (non-hydrogen) atoms. The molecule has 6 heteroatoms. The average Bonchev–Trinajstić information content (AvgIpc) is 2.40. The molecule has 0 radical (unpaired) electrons. The Bertz CT molecular complexity index is 493. The number of carbonyl (C=O) groups is 2. The predicted molar refractivity (Wildman–Crippen MR) is 92.9 cm³/mol. The summed E-state index contributed by atoms with van der Waals surface area (Å²) in [6.45, 7) is 8.28. The molecule has 0 aliphatic heterocycles. The smallest absolute Gasteiger partial charge is 0.319 e. The lowest BCUT2D eigenvalue weighted by molar-refractivity contribution is -0.134. The van der Waals surface area contributed by atoms with Crippen molar-refractivity contribution in [3.63, 3.8) is 0 Å². The van der Waals surface area contributed by atoms with Gasteiger partial charge in [0.1, 0.15) is 0 Å². The normalized spacial score (nSPS) is 10.7. The number of halogens is 1. The van der Waals surface area contributed by atoms with E-state index in [9.17, 15) is 9.59 Å². The molecule has 2 N–H and O–H groups in total. The number of benzene rings is 1. The maximum Gasteiger partial charge on any atom is 0.319 e. The number of carbonyl (C=O) groups excluding carboxylic acids is 2. The van der Waals surface area contributed by atoms with Gasteiger partial charge in [-0.15, -0.1) is 0 Å². The van der Waals surface area contributed by atoms with Crippen LogP contribution in [0.2, 0.25) is 0 Å². The lowest BCUT2D eigenvalue weighted by Gasteiger charge is -2.30. The molecule has 0 aliphatic rings. The molecule has 0 heterocycles. The molecule has 1 aromatic rings. The van der Waals surface area contributed by atoms with Gasteiger partial charge in [0.2, 0.25) is 5.91 Å². The minimum atomic E-state index is -0.309. The van der Waals surface area contributed by atoms with Crippen LogP contribution in [0.3, 0.4) is 0 Å². The van der Waals surface area contributed by atoms with Gasteiger partial charge in [0.05, 0.1) is 0 Å². The summed E-state index contributed by atoms with van der Waals surface area (Å²) < 4.78 is 0.950. The van der Waals surface area contributed by atoms with Crippen molar-refractivity contribution in [2.45, 2.75) is 46.2 Å². The largest absolute Gasteiger partial charge is 0.338 e. The Morgan fingerprint density at radius 2 is 1.64 bits per heavy atom. The van der Waals surface area contributed by atoms with Gasteiger partial charge in [0, 0.05) is 35.2 Å². The highest BCUT2D eigenvalue weighted by Crippen LogP contribution is 2.13. The van der Waals surface area contributed by atoms with Crippen LogP contribution in [-0.2, 0) is 4.79 Å². The Morgan fingerprint density at radius 3 is 2.14 bits per heavy atom. The van der Waals surface area contributed by atoms with Crippen LogP contribution < -0.4 is 10.6 Å². The van der Waals surface area contributed by atoms with Gasteiger partial charge in [-0.05, 0) is 52.0 Å². The number of rotatable bonds is 6. The van der Waals surface area contributed by atoms with Gasteiger partial charge in [-0.1, -0.05) is 15.9 Å². The van der Waals surface area contributed by atoms with Crippen LogP contribution >= 0.6 is 15.9 Å². The molecule has 0 bridgehead atoms. The van der Waals surface area contributed by atoms with Crippen LogP contribution in [0, 0.1) is 0 Å². The highest BCUT2D eigenvalue weighted by molar-refractivity contribution is 9.10. The maximum atomic E-state index is 12.2. The van der Waals surface area contributed by atoms with Crippen LogP contribution in [0.5, 0.6) is 0 Å². The van der Waals surface area contributed by atoms with Crippen molar-refractivity contribution in [1.29, 1.82) is 0 Å². The molecule has 0 spiro atoms. The SMILES string of the molecule is CC(C)N(C(=O)CCNC(=O)Nc1ccc(Br)cc1)C(C)C. The van der Waals surface area contributed by atoms with Crippen molar-refractivity contribution in [3.8, 4) is 0 Å². The van der Waals surface area contributed by atoms with E-state index in [0.717, 1.165) is 4.47 Å². The molecule has 0 saturated carbocycles. The van der Waals surface area contributed by atoms with E-state index >= 15 is 0 Å². The molecule has 0 saturated heterocycles.